The van der Waals surface area contributed by atoms with Gasteiger partial charge in [-0.05, 0) is 56.6 Å². The minimum atomic E-state index is -0.666. The summed E-state index contributed by atoms with van der Waals surface area (Å²) in [6.45, 7) is 4.71. The number of ether oxygens (including phenoxy) is 2. The van der Waals surface area contributed by atoms with E-state index in [1.54, 1.807) is 12.1 Å². The lowest BCUT2D eigenvalue weighted by Gasteiger charge is -2.32. The number of aromatic nitrogens is 3. The van der Waals surface area contributed by atoms with Crippen LogP contribution in [0.1, 0.15) is 42.3 Å². The Morgan fingerprint density at radius 1 is 1.00 bits per heavy atom. The minimum absolute atomic E-state index is 0.211. The number of hydrogen-bond acceptors (Lipinski definition) is 6. The van der Waals surface area contributed by atoms with Crippen LogP contribution in [0.25, 0.3) is 22.0 Å². The summed E-state index contributed by atoms with van der Waals surface area (Å²) in [5.74, 6) is 2.02. The largest absolute Gasteiger partial charge is 0.473 e. The number of para-hydroxylation sites is 2. The van der Waals surface area contributed by atoms with Crippen LogP contribution in [0.15, 0.2) is 65.1 Å². The Bertz CT molecular complexity index is 1660. The van der Waals surface area contributed by atoms with Gasteiger partial charge in [-0.3, -0.25) is 4.90 Å². The Morgan fingerprint density at radius 3 is 2.67 bits per heavy atom. The van der Waals surface area contributed by atoms with Crippen LogP contribution in [0.2, 0.25) is 5.02 Å². The maximum atomic E-state index is 13.7. The number of furan rings is 1. The molecule has 2 aliphatic heterocycles. The van der Waals surface area contributed by atoms with Crippen LogP contribution in [0.5, 0.6) is 5.88 Å². The lowest BCUT2D eigenvalue weighted by molar-refractivity contribution is -0.0592. The normalized spacial score (nSPS) is 18.4. The van der Waals surface area contributed by atoms with Crippen molar-refractivity contribution in [3.63, 3.8) is 0 Å². The number of imidazole rings is 1. The molecule has 3 aromatic heterocycles. The standard InChI is InChI=1S/C31H30ClFN4O3/c32-24-9-8-21(31-23(24)16-28(33)40-31)19-39-30-7-3-5-25(35-30)20-10-13-36(14-11-20)18-29-34-26-4-1-2-6-27(26)37(29)17-22-12-15-38-22/h1-9,16,20,22H,10-15,17-19H2/t22-/m0/s1. The van der Waals surface area contributed by atoms with E-state index in [0.717, 1.165) is 74.6 Å². The Morgan fingerprint density at radius 2 is 1.85 bits per heavy atom. The zero-order valence-corrected chi connectivity index (χ0v) is 22.8. The number of pyridine rings is 1. The Kier molecular flexibility index (Phi) is 6.91. The number of nitrogens with zero attached hydrogens (tertiary/aromatic N) is 4. The number of rotatable bonds is 8. The van der Waals surface area contributed by atoms with Crippen molar-refractivity contribution >= 4 is 33.6 Å². The third-order valence-electron chi connectivity index (χ3n) is 8.09. The van der Waals surface area contributed by atoms with Crippen molar-refractivity contribution in [2.75, 3.05) is 19.7 Å². The topological polar surface area (TPSA) is 65.5 Å². The molecule has 0 saturated carbocycles. The van der Waals surface area contributed by atoms with E-state index in [4.69, 9.17) is 35.5 Å². The molecule has 0 radical (unpaired) electrons. The van der Waals surface area contributed by atoms with Crippen LogP contribution < -0.4 is 4.74 Å². The zero-order chi connectivity index (χ0) is 27.1. The summed E-state index contributed by atoms with van der Waals surface area (Å²) in [6.07, 6.45) is 3.43. The van der Waals surface area contributed by atoms with Gasteiger partial charge in [0.1, 0.15) is 18.0 Å². The maximum Gasteiger partial charge on any atom is 0.278 e. The van der Waals surface area contributed by atoms with Gasteiger partial charge < -0.3 is 18.5 Å². The van der Waals surface area contributed by atoms with E-state index in [-0.39, 0.29) is 12.7 Å². The number of likely N-dealkylation sites (tertiary alicyclic amines) is 1. The molecule has 0 spiro atoms. The molecule has 2 saturated heterocycles. The first-order valence-electron chi connectivity index (χ1n) is 13.8. The quantitative estimate of drug-likeness (QED) is 0.210. The molecule has 2 aliphatic rings. The van der Waals surface area contributed by atoms with Crippen LogP contribution in [0.3, 0.4) is 0 Å². The van der Waals surface area contributed by atoms with Gasteiger partial charge in [-0.25, -0.2) is 9.97 Å². The zero-order valence-electron chi connectivity index (χ0n) is 22.1. The molecule has 7 nitrogen and oxygen atoms in total. The number of piperidine rings is 1. The fraction of sp³-hybridized carbons (Fsp3) is 0.355. The second-order valence-electron chi connectivity index (χ2n) is 10.6. The van der Waals surface area contributed by atoms with Crippen molar-refractivity contribution in [2.24, 2.45) is 0 Å². The third kappa shape index (κ3) is 5.07. The molecule has 1 atom stereocenters. The summed E-state index contributed by atoms with van der Waals surface area (Å²) in [5.41, 5.74) is 4.39. The highest BCUT2D eigenvalue weighted by Crippen LogP contribution is 2.32. The lowest BCUT2D eigenvalue weighted by atomic mass is 9.93. The number of halogens is 2. The SMILES string of the molecule is Fc1cc2c(Cl)ccc(COc3cccc(C4CCN(Cc5nc6ccccc6n5C[C@@H]5CCO5)CC4)n3)c2o1. The average molecular weight is 561 g/mol. The summed E-state index contributed by atoms with van der Waals surface area (Å²) in [6, 6.07) is 18.4. The number of benzene rings is 2. The van der Waals surface area contributed by atoms with Crippen LogP contribution in [-0.4, -0.2) is 45.2 Å². The molecule has 0 N–H and O–H groups in total. The molecule has 7 rings (SSSR count). The van der Waals surface area contributed by atoms with Crippen molar-refractivity contribution in [1.82, 2.24) is 19.4 Å². The predicted molar refractivity (Wildman–Crippen MR) is 151 cm³/mol. The molecule has 0 bridgehead atoms. The van der Waals surface area contributed by atoms with E-state index in [1.807, 2.05) is 18.2 Å². The molecule has 0 aliphatic carbocycles. The second kappa shape index (κ2) is 10.8. The molecule has 5 aromatic rings. The van der Waals surface area contributed by atoms with Gasteiger partial charge in [0, 0.05) is 41.3 Å². The van der Waals surface area contributed by atoms with Gasteiger partial charge in [-0.2, -0.15) is 4.39 Å². The van der Waals surface area contributed by atoms with Gasteiger partial charge in [0.25, 0.3) is 6.01 Å². The first-order valence-corrected chi connectivity index (χ1v) is 14.2. The highest BCUT2D eigenvalue weighted by molar-refractivity contribution is 6.35. The van der Waals surface area contributed by atoms with Gasteiger partial charge in [-0.1, -0.05) is 35.9 Å². The van der Waals surface area contributed by atoms with Crippen molar-refractivity contribution in [3.8, 4) is 5.88 Å². The van der Waals surface area contributed by atoms with Crippen LogP contribution in [0.4, 0.5) is 4.39 Å². The summed E-state index contributed by atoms with van der Waals surface area (Å²) < 4.78 is 33.0. The Labute approximate surface area is 236 Å². The van der Waals surface area contributed by atoms with Gasteiger partial charge in [0.05, 0.1) is 35.2 Å². The smallest absolute Gasteiger partial charge is 0.278 e. The summed E-state index contributed by atoms with van der Waals surface area (Å²) in [4.78, 5) is 12.3. The van der Waals surface area contributed by atoms with Crippen LogP contribution in [0, 0.1) is 6.01 Å². The summed E-state index contributed by atoms with van der Waals surface area (Å²) in [5, 5.41) is 0.989. The molecule has 9 heteroatoms. The van der Waals surface area contributed by atoms with Gasteiger partial charge in [0.15, 0.2) is 0 Å². The monoisotopic (exact) mass is 560 g/mol. The Balaban J connectivity index is 0.997. The summed E-state index contributed by atoms with van der Waals surface area (Å²) >= 11 is 6.18. The summed E-state index contributed by atoms with van der Waals surface area (Å²) in [7, 11) is 0. The van der Waals surface area contributed by atoms with E-state index in [1.165, 1.54) is 11.6 Å². The van der Waals surface area contributed by atoms with Crippen LogP contribution in [-0.2, 0) is 24.4 Å². The lowest BCUT2D eigenvalue weighted by Crippen LogP contribution is -2.35. The highest BCUT2D eigenvalue weighted by atomic mass is 35.5. The first-order chi connectivity index (χ1) is 19.6. The van der Waals surface area contributed by atoms with Gasteiger partial charge >= 0.3 is 0 Å². The van der Waals surface area contributed by atoms with E-state index in [9.17, 15) is 4.39 Å². The fourth-order valence-electron chi connectivity index (χ4n) is 5.79. The van der Waals surface area contributed by atoms with Crippen molar-refractivity contribution in [3.05, 3.63) is 88.8 Å². The maximum absolute atomic E-state index is 13.7. The Hall–Kier alpha value is -3.46. The first kappa shape index (κ1) is 25.5. The fourth-order valence-corrected chi connectivity index (χ4v) is 5.99. The average Bonchev–Trinajstić information content (AvgIpc) is 3.51. The predicted octanol–water partition coefficient (Wildman–Crippen LogP) is 6.72. The highest BCUT2D eigenvalue weighted by Gasteiger charge is 2.26. The van der Waals surface area contributed by atoms with Crippen molar-refractivity contribution in [1.29, 1.82) is 0 Å². The molecule has 206 valence electrons. The van der Waals surface area contributed by atoms with E-state index < -0.39 is 6.01 Å². The third-order valence-corrected chi connectivity index (χ3v) is 8.42. The van der Waals surface area contributed by atoms with E-state index in [0.29, 0.717) is 27.8 Å². The van der Waals surface area contributed by atoms with E-state index in [2.05, 4.69) is 33.7 Å². The van der Waals surface area contributed by atoms with Gasteiger partial charge in [0.2, 0.25) is 5.88 Å². The van der Waals surface area contributed by atoms with E-state index >= 15 is 0 Å². The van der Waals surface area contributed by atoms with Gasteiger partial charge in [-0.15, -0.1) is 0 Å². The van der Waals surface area contributed by atoms with Crippen molar-refractivity contribution < 1.29 is 18.3 Å². The number of fused-ring (bicyclic) bond motifs is 2. The van der Waals surface area contributed by atoms with Crippen molar-refractivity contribution in [2.45, 2.75) is 51.0 Å². The molecule has 2 fully saturated rings. The molecule has 0 unspecified atom stereocenters. The molecule has 0 amide bonds. The second-order valence-corrected chi connectivity index (χ2v) is 11.1. The molecular formula is C31H30ClFN4O3. The van der Waals surface area contributed by atoms with Crippen LogP contribution >= 0.6 is 11.6 Å². The minimum Gasteiger partial charge on any atom is -0.473 e. The molecule has 5 heterocycles. The number of hydrogen-bond donors (Lipinski definition) is 0. The molecular weight excluding hydrogens is 531 g/mol. The molecule has 40 heavy (non-hydrogen) atoms. The molecule has 2 aromatic carbocycles.